The highest BCUT2D eigenvalue weighted by atomic mass is 127. The molecule has 4 rings (SSSR count). The van der Waals surface area contributed by atoms with Gasteiger partial charge in [-0.2, -0.15) is 0 Å². The number of anilines is 1. The van der Waals surface area contributed by atoms with Gasteiger partial charge >= 0.3 is 0 Å². The minimum Gasteiger partial charge on any atom is -0.497 e. The number of carbonyl (C=O) groups excluding carboxylic acids is 2. The second kappa shape index (κ2) is 15.9. The Bertz CT molecular complexity index is 1670. The summed E-state index contributed by atoms with van der Waals surface area (Å²) in [6, 6.07) is 30.7. The number of benzene rings is 4. The Labute approximate surface area is 279 Å². The second-order valence-electron chi connectivity index (χ2n) is 10.7. The highest BCUT2D eigenvalue weighted by Crippen LogP contribution is 2.26. The van der Waals surface area contributed by atoms with E-state index in [0.717, 1.165) is 19.0 Å². The third kappa shape index (κ3) is 9.07. The van der Waals surface area contributed by atoms with Crippen LogP contribution in [0.15, 0.2) is 114 Å². The predicted octanol–water partition coefficient (Wildman–Crippen LogP) is 6.05. The van der Waals surface area contributed by atoms with E-state index in [1.165, 1.54) is 17.0 Å². The van der Waals surface area contributed by atoms with Crippen LogP contribution in [0.5, 0.6) is 5.75 Å². The van der Waals surface area contributed by atoms with E-state index in [0.29, 0.717) is 17.9 Å². The van der Waals surface area contributed by atoms with Crippen molar-refractivity contribution in [3.63, 3.8) is 0 Å². The molecular weight excluding hydrogens is 701 g/mol. The number of sulfonamides is 1. The van der Waals surface area contributed by atoms with E-state index in [1.807, 2.05) is 62.4 Å². The molecule has 4 aromatic rings. The van der Waals surface area contributed by atoms with Gasteiger partial charge in [0.05, 0.1) is 17.7 Å². The van der Waals surface area contributed by atoms with Gasteiger partial charge in [-0.25, -0.2) is 8.42 Å². The largest absolute Gasteiger partial charge is 0.497 e. The first-order chi connectivity index (χ1) is 21.6. The van der Waals surface area contributed by atoms with Crippen LogP contribution in [-0.2, 0) is 32.6 Å². The lowest BCUT2D eigenvalue weighted by Crippen LogP contribution is -2.54. The normalized spacial score (nSPS) is 12.5. The average Bonchev–Trinajstić information content (AvgIpc) is 3.06. The molecule has 0 aliphatic heterocycles. The van der Waals surface area contributed by atoms with E-state index >= 15 is 0 Å². The summed E-state index contributed by atoms with van der Waals surface area (Å²) in [4.78, 5) is 30.0. The van der Waals surface area contributed by atoms with E-state index in [2.05, 4.69) is 27.9 Å². The van der Waals surface area contributed by atoms with Crippen molar-refractivity contribution in [1.82, 2.24) is 10.2 Å². The maximum Gasteiger partial charge on any atom is 0.264 e. The number of halogens is 1. The molecule has 2 atom stereocenters. The summed E-state index contributed by atoms with van der Waals surface area (Å²) in [5.74, 6) is -0.219. The van der Waals surface area contributed by atoms with Crippen LogP contribution in [0.1, 0.15) is 31.4 Å². The predicted molar refractivity (Wildman–Crippen MR) is 186 cm³/mol. The SMILES string of the molecule is CC[C@@H](C)NC(=O)[C@@H](Cc1ccccc1)N(Cc1cccc(OC)c1)C(=O)CN(c1ccc(I)cc1)S(=O)(=O)c1ccccc1. The summed E-state index contributed by atoms with van der Waals surface area (Å²) in [5, 5.41) is 3.05. The Balaban J connectivity index is 1.81. The van der Waals surface area contributed by atoms with E-state index in [-0.39, 0.29) is 29.8 Å². The molecule has 10 heteroatoms. The first-order valence-electron chi connectivity index (χ1n) is 14.7. The summed E-state index contributed by atoms with van der Waals surface area (Å²) in [6.45, 7) is 3.44. The number of nitrogens with zero attached hydrogens (tertiary/aromatic N) is 2. The minimum absolute atomic E-state index is 0.0612. The average molecular weight is 740 g/mol. The Morgan fingerprint density at radius 2 is 1.49 bits per heavy atom. The molecule has 8 nitrogen and oxygen atoms in total. The second-order valence-corrected chi connectivity index (χ2v) is 13.8. The Morgan fingerprint density at radius 3 is 2.11 bits per heavy atom. The summed E-state index contributed by atoms with van der Waals surface area (Å²) in [6.07, 6.45) is 0.956. The summed E-state index contributed by atoms with van der Waals surface area (Å²) in [5.41, 5.74) is 1.96. The van der Waals surface area contributed by atoms with E-state index < -0.39 is 28.5 Å². The molecule has 2 amide bonds. The van der Waals surface area contributed by atoms with Crippen molar-refractivity contribution in [2.45, 2.75) is 50.2 Å². The first kappa shape index (κ1) is 34.0. The van der Waals surface area contributed by atoms with Gasteiger partial charge in [0.25, 0.3) is 10.0 Å². The third-order valence-corrected chi connectivity index (χ3v) is 9.99. The van der Waals surface area contributed by atoms with Crippen molar-refractivity contribution in [3.05, 3.63) is 124 Å². The lowest BCUT2D eigenvalue weighted by atomic mass is 10.0. The molecule has 0 spiro atoms. The van der Waals surface area contributed by atoms with Gasteiger partial charge in [0.2, 0.25) is 11.8 Å². The van der Waals surface area contributed by atoms with Gasteiger partial charge in [0.15, 0.2) is 0 Å². The molecule has 0 aromatic heterocycles. The standard InChI is InChI=1S/C35H38IN3O5S/c1-4-26(2)37-35(41)33(23-27-12-7-5-8-13-27)38(24-28-14-11-15-31(22-28)44-3)34(40)25-39(30-20-18-29(36)19-21-30)45(42,43)32-16-9-6-10-17-32/h5-22,26,33H,4,23-25H2,1-3H3,(H,37,41)/t26-,33-/m1/s1. The van der Waals surface area contributed by atoms with Gasteiger partial charge < -0.3 is 15.0 Å². The monoisotopic (exact) mass is 739 g/mol. The molecule has 45 heavy (non-hydrogen) atoms. The van der Waals surface area contributed by atoms with Crippen molar-refractivity contribution in [2.24, 2.45) is 0 Å². The molecule has 0 heterocycles. The van der Waals surface area contributed by atoms with E-state index in [4.69, 9.17) is 4.74 Å². The van der Waals surface area contributed by atoms with Crippen molar-refractivity contribution >= 4 is 50.1 Å². The van der Waals surface area contributed by atoms with Gasteiger partial charge in [-0.3, -0.25) is 13.9 Å². The van der Waals surface area contributed by atoms with Gasteiger partial charge in [0.1, 0.15) is 18.3 Å². The molecule has 0 aliphatic rings. The molecule has 236 valence electrons. The Morgan fingerprint density at radius 1 is 0.867 bits per heavy atom. The number of nitrogens with one attached hydrogen (secondary N) is 1. The quantitative estimate of drug-likeness (QED) is 0.159. The van der Waals surface area contributed by atoms with Crippen LogP contribution in [0.2, 0.25) is 0 Å². The van der Waals surface area contributed by atoms with Crippen LogP contribution in [0.4, 0.5) is 5.69 Å². The molecule has 1 N–H and O–H groups in total. The number of methoxy groups -OCH3 is 1. The molecule has 0 fully saturated rings. The molecule has 0 unspecified atom stereocenters. The summed E-state index contributed by atoms with van der Waals surface area (Å²) < 4.78 is 35.6. The van der Waals surface area contributed by atoms with Crippen LogP contribution in [0.3, 0.4) is 0 Å². The lowest BCUT2D eigenvalue weighted by molar-refractivity contribution is -0.140. The van der Waals surface area contributed by atoms with Crippen LogP contribution >= 0.6 is 22.6 Å². The molecule has 4 aromatic carbocycles. The zero-order chi connectivity index (χ0) is 32.4. The topological polar surface area (TPSA) is 96.0 Å². The van der Waals surface area contributed by atoms with Crippen molar-refractivity contribution in [3.8, 4) is 5.75 Å². The number of amides is 2. The fraction of sp³-hybridized carbons (Fsp3) is 0.257. The van der Waals surface area contributed by atoms with Crippen LogP contribution in [0, 0.1) is 3.57 Å². The van der Waals surface area contributed by atoms with E-state index in [9.17, 15) is 18.0 Å². The third-order valence-electron chi connectivity index (χ3n) is 7.48. The maximum absolute atomic E-state index is 14.5. The fourth-order valence-corrected chi connectivity index (χ4v) is 6.61. The Hall–Kier alpha value is -3.90. The van der Waals surface area contributed by atoms with Crippen LogP contribution in [-0.4, -0.2) is 50.9 Å². The molecule has 0 radical (unpaired) electrons. The summed E-state index contributed by atoms with van der Waals surface area (Å²) in [7, 11) is -2.58. The zero-order valence-corrected chi connectivity index (χ0v) is 28.6. The highest BCUT2D eigenvalue weighted by Gasteiger charge is 2.35. The van der Waals surface area contributed by atoms with E-state index in [1.54, 1.807) is 55.6 Å². The van der Waals surface area contributed by atoms with Gasteiger partial charge in [0, 0.05) is 22.6 Å². The first-order valence-corrected chi connectivity index (χ1v) is 17.2. The van der Waals surface area contributed by atoms with Crippen molar-refractivity contribution < 1.29 is 22.7 Å². The number of ether oxygens (including phenoxy) is 1. The van der Waals surface area contributed by atoms with Crippen molar-refractivity contribution in [2.75, 3.05) is 18.0 Å². The van der Waals surface area contributed by atoms with Crippen LogP contribution < -0.4 is 14.4 Å². The van der Waals surface area contributed by atoms with Gasteiger partial charge in [-0.15, -0.1) is 0 Å². The number of carbonyl (C=O) groups is 2. The Kier molecular flexibility index (Phi) is 12.0. The maximum atomic E-state index is 14.5. The molecule has 0 saturated heterocycles. The van der Waals surface area contributed by atoms with Crippen molar-refractivity contribution in [1.29, 1.82) is 0 Å². The zero-order valence-electron chi connectivity index (χ0n) is 25.6. The smallest absolute Gasteiger partial charge is 0.264 e. The number of hydrogen-bond acceptors (Lipinski definition) is 5. The number of rotatable bonds is 14. The van der Waals surface area contributed by atoms with Gasteiger partial charge in [-0.05, 0) is 95.6 Å². The van der Waals surface area contributed by atoms with Gasteiger partial charge in [-0.1, -0.05) is 67.6 Å². The number of hydrogen-bond donors (Lipinski definition) is 1. The minimum atomic E-state index is -4.14. The highest BCUT2D eigenvalue weighted by molar-refractivity contribution is 14.1. The lowest BCUT2D eigenvalue weighted by Gasteiger charge is -2.34. The molecule has 0 saturated carbocycles. The van der Waals surface area contributed by atoms with Crippen LogP contribution in [0.25, 0.3) is 0 Å². The fourth-order valence-electron chi connectivity index (χ4n) is 4.82. The molecule has 0 bridgehead atoms. The summed E-state index contributed by atoms with van der Waals surface area (Å²) >= 11 is 2.15. The molecule has 0 aliphatic carbocycles. The molecular formula is C35H38IN3O5S.